The number of hydrogen-bond donors (Lipinski definition) is 1. The normalized spacial score (nSPS) is 11.3. The number of rotatable bonds is 4. The van der Waals surface area contributed by atoms with Gasteiger partial charge in [-0.25, -0.2) is 4.39 Å². The fourth-order valence-electron chi connectivity index (χ4n) is 2.48. The number of hydrogen-bond acceptors (Lipinski definition) is 2. The smallest absolute Gasteiger partial charge is 0.186 e. The van der Waals surface area contributed by atoms with Crippen molar-refractivity contribution in [2.24, 2.45) is 0 Å². The summed E-state index contributed by atoms with van der Waals surface area (Å²) in [6, 6.07) is 6.99. The van der Waals surface area contributed by atoms with Crippen molar-refractivity contribution >= 4 is 10.8 Å². The maximum atomic E-state index is 13.9. The number of halogens is 1. The van der Waals surface area contributed by atoms with Gasteiger partial charge in [0, 0.05) is 0 Å². The molecule has 2 rings (SSSR count). The second-order valence-corrected chi connectivity index (χ2v) is 4.92. The van der Waals surface area contributed by atoms with Gasteiger partial charge < -0.3 is 9.84 Å². The third-order valence-electron chi connectivity index (χ3n) is 3.38. The third-order valence-corrected chi connectivity index (χ3v) is 3.38. The molecule has 2 aromatic carbocycles. The van der Waals surface area contributed by atoms with E-state index in [9.17, 15) is 4.39 Å². The van der Waals surface area contributed by atoms with Gasteiger partial charge in [-0.15, -0.1) is 0 Å². The van der Waals surface area contributed by atoms with Crippen molar-refractivity contribution < 1.29 is 14.2 Å². The highest BCUT2D eigenvalue weighted by atomic mass is 19.1. The van der Waals surface area contributed by atoms with Gasteiger partial charge in [-0.3, -0.25) is 0 Å². The first-order valence-corrected chi connectivity index (χ1v) is 6.57. The van der Waals surface area contributed by atoms with Crippen molar-refractivity contribution in [3.8, 4) is 5.75 Å². The second-order valence-electron chi connectivity index (χ2n) is 4.92. The van der Waals surface area contributed by atoms with E-state index in [2.05, 4.69) is 13.8 Å². The average Bonchev–Trinajstić information content (AvgIpc) is 2.38. The van der Waals surface area contributed by atoms with Crippen molar-refractivity contribution in [1.82, 2.24) is 0 Å². The Balaban J connectivity index is 2.79. The van der Waals surface area contributed by atoms with E-state index in [-0.39, 0.29) is 18.5 Å². The summed E-state index contributed by atoms with van der Waals surface area (Å²) in [5.41, 5.74) is 1.80. The number of aliphatic hydroxyl groups is 1. The zero-order valence-electron chi connectivity index (χ0n) is 11.5. The molecule has 0 saturated carbocycles. The van der Waals surface area contributed by atoms with Crippen LogP contribution in [0.4, 0.5) is 4.39 Å². The van der Waals surface area contributed by atoms with Crippen LogP contribution in [0.1, 0.15) is 37.8 Å². The van der Waals surface area contributed by atoms with E-state index in [0.29, 0.717) is 12.2 Å². The molecule has 0 heterocycles. The Hall–Kier alpha value is -1.61. The predicted octanol–water partition coefficient (Wildman–Crippen LogP) is 3.99. The van der Waals surface area contributed by atoms with E-state index in [1.807, 2.05) is 19.1 Å². The van der Waals surface area contributed by atoms with E-state index in [4.69, 9.17) is 9.84 Å². The highest BCUT2D eigenvalue weighted by Crippen LogP contribution is 2.34. The van der Waals surface area contributed by atoms with Gasteiger partial charge in [-0.05, 0) is 52.4 Å². The van der Waals surface area contributed by atoms with Crippen molar-refractivity contribution in [3.05, 3.63) is 41.2 Å². The standard InChI is InChI=1S/C16H19FO2/c1-4-13-15(17)6-5-11-7-12(19-9-18)8-14(10(2)3)16(11)13/h5-8,10,18H,4,9H2,1-3H3. The van der Waals surface area contributed by atoms with E-state index in [1.165, 1.54) is 6.07 Å². The van der Waals surface area contributed by atoms with Gasteiger partial charge in [0.15, 0.2) is 6.79 Å². The van der Waals surface area contributed by atoms with Crippen LogP contribution in [0.2, 0.25) is 0 Å². The number of aryl methyl sites for hydroxylation is 1. The van der Waals surface area contributed by atoms with E-state index in [1.54, 1.807) is 6.07 Å². The average molecular weight is 262 g/mol. The molecule has 0 aliphatic heterocycles. The van der Waals surface area contributed by atoms with Crippen LogP contribution in [0.15, 0.2) is 24.3 Å². The summed E-state index contributed by atoms with van der Waals surface area (Å²) in [6.07, 6.45) is 0.656. The molecule has 0 spiro atoms. The summed E-state index contributed by atoms with van der Waals surface area (Å²) in [7, 11) is 0. The fourth-order valence-corrected chi connectivity index (χ4v) is 2.48. The minimum atomic E-state index is -0.356. The van der Waals surface area contributed by atoms with Gasteiger partial charge in [0.2, 0.25) is 0 Å². The molecule has 0 atom stereocenters. The van der Waals surface area contributed by atoms with Crippen LogP contribution < -0.4 is 4.74 Å². The number of aliphatic hydroxyl groups excluding tert-OH is 1. The molecule has 0 saturated heterocycles. The zero-order valence-corrected chi connectivity index (χ0v) is 11.5. The summed E-state index contributed by atoms with van der Waals surface area (Å²) < 4.78 is 19.1. The van der Waals surface area contributed by atoms with Crippen molar-refractivity contribution in [3.63, 3.8) is 0 Å². The molecule has 102 valence electrons. The SMILES string of the molecule is CCc1c(F)ccc2cc(OCO)cc(C(C)C)c12. The monoisotopic (exact) mass is 262 g/mol. The maximum Gasteiger partial charge on any atom is 0.186 e. The molecule has 0 unspecified atom stereocenters. The molecule has 0 aromatic heterocycles. The molecule has 1 N–H and O–H groups in total. The summed E-state index contributed by atoms with van der Waals surface area (Å²) in [5.74, 6) is 0.719. The fraction of sp³-hybridized carbons (Fsp3) is 0.375. The minimum Gasteiger partial charge on any atom is -0.468 e. The molecule has 3 heteroatoms. The lowest BCUT2D eigenvalue weighted by Gasteiger charge is -2.16. The molecule has 2 aromatic rings. The first-order valence-electron chi connectivity index (χ1n) is 6.57. The first kappa shape index (κ1) is 13.8. The van der Waals surface area contributed by atoms with Crippen LogP contribution in [0.3, 0.4) is 0 Å². The molecule has 0 amide bonds. The summed E-state index contributed by atoms with van der Waals surface area (Å²) in [6.45, 7) is 5.74. The van der Waals surface area contributed by atoms with E-state index in [0.717, 1.165) is 21.9 Å². The molecule has 0 aliphatic carbocycles. The molecule has 0 bridgehead atoms. The lowest BCUT2D eigenvalue weighted by atomic mass is 9.91. The van der Waals surface area contributed by atoms with Crippen LogP contribution in [0, 0.1) is 5.82 Å². The van der Waals surface area contributed by atoms with Gasteiger partial charge >= 0.3 is 0 Å². The largest absolute Gasteiger partial charge is 0.468 e. The zero-order chi connectivity index (χ0) is 14.0. The molecule has 2 nitrogen and oxygen atoms in total. The van der Waals surface area contributed by atoms with Crippen molar-refractivity contribution in [1.29, 1.82) is 0 Å². The van der Waals surface area contributed by atoms with Gasteiger partial charge in [0.1, 0.15) is 11.6 Å². The van der Waals surface area contributed by atoms with Crippen molar-refractivity contribution in [2.45, 2.75) is 33.1 Å². The van der Waals surface area contributed by atoms with Crippen LogP contribution in [-0.4, -0.2) is 11.9 Å². The van der Waals surface area contributed by atoms with E-state index < -0.39 is 0 Å². The quantitative estimate of drug-likeness (QED) is 0.844. The second kappa shape index (κ2) is 5.57. The number of fused-ring (bicyclic) bond motifs is 1. The van der Waals surface area contributed by atoms with Crippen molar-refractivity contribution in [2.75, 3.05) is 6.79 Å². The molecule has 0 aliphatic rings. The van der Waals surface area contributed by atoms with Gasteiger partial charge in [0.05, 0.1) is 0 Å². The van der Waals surface area contributed by atoms with Gasteiger partial charge in [0.25, 0.3) is 0 Å². The highest BCUT2D eigenvalue weighted by molar-refractivity contribution is 5.90. The Kier molecular flexibility index (Phi) is 4.05. The first-order chi connectivity index (χ1) is 9.08. The lowest BCUT2D eigenvalue weighted by Crippen LogP contribution is -2.00. The van der Waals surface area contributed by atoms with Crippen LogP contribution in [0.25, 0.3) is 10.8 Å². The summed E-state index contributed by atoms with van der Waals surface area (Å²) in [4.78, 5) is 0. The molecular formula is C16H19FO2. The lowest BCUT2D eigenvalue weighted by molar-refractivity contribution is 0.0986. The van der Waals surface area contributed by atoms with Gasteiger partial charge in [-0.1, -0.05) is 26.8 Å². The van der Waals surface area contributed by atoms with E-state index >= 15 is 0 Å². The Morgan fingerprint density at radius 1 is 1.26 bits per heavy atom. The predicted molar refractivity (Wildman–Crippen MR) is 75.1 cm³/mol. The Labute approximate surface area is 112 Å². The summed E-state index contributed by atoms with van der Waals surface area (Å²) >= 11 is 0. The minimum absolute atomic E-state index is 0.160. The Morgan fingerprint density at radius 3 is 2.58 bits per heavy atom. The molecule has 0 radical (unpaired) electrons. The highest BCUT2D eigenvalue weighted by Gasteiger charge is 2.14. The Morgan fingerprint density at radius 2 is 2.00 bits per heavy atom. The number of benzene rings is 2. The summed E-state index contributed by atoms with van der Waals surface area (Å²) in [5, 5.41) is 10.8. The van der Waals surface area contributed by atoms with Crippen LogP contribution in [-0.2, 0) is 6.42 Å². The molecular weight excluding hydrogens is 243 g/mol. The Bertz CT molecular complexity index is 591. The molecule has 19 heavy (non-hydrogen) atoms. The third kappa shape index (κ3) is 2.56. The maximum absolute atomic E-state index is 13.9. The van der Waals surface area contributed by atoms with Crippen LogP contribution in [0.5, 0.6) is 5.75 Å². The number of ether oxygens (including phenoxy) is 1. The molecule has 0 fully saturated rings. The van der Waals surface area contributed by atoms with Gasteiger partial charge in [-0.2, -0.15) is 0 Å². The topological polar surface area (TPSA) is 29.5 Å². The van der Waals surface area contributed by atoms with Crippen LogP contribution >= 0.6 is 0 Å².